The maximum absolute atomic E-state index is 11.8. The highest BCUT2D eigenvalue weighted by atomic mass is 16.5. The minimum atomic E-state index is -0.485. The zero-order valence-electron chi connectivity index (χ0n) is 14.8. The number of aryl methyl sites for hydroxylation is 2. The van der Waals surface area contributed by atoms with Crippen molar-refractivity contribution >= 4 is 23.5 Å². The second kappa shape index (κ2) is 8.80. The highest BCUT2D eigenvalue weighted by Crippen LogP contribution is 2.14. The average molecular weight is 360 g/mol. The number of esters is 2. The van der Waals surface area contributed by atoms with Crippen LogP contribution in [0.15, 0.2) is 28.8 Å². The van der Waals surface area contributed by atoms with Gasteiger partial charge in [0.2, 0.25) is 0 Å². The molecular formula is C18H20N2O6. The van der Waals surface area contributed by atoms with E-state index in [1.165, 1.54) is 19.2 Å². The fourth-order valence-corrected chi connectivity index (χ4v) is 2.31. The van der Waals surface area contributed by atoms with E-state index in [9.17, 15) is 14.4 Å². The van der Waals surface area contributed by atoms with E-state index in [2.05, 4.69) is 15.2 Å². The van der Waals surface area contributed by atoms with Gasteiger partial charge in [-0.05, 0) is 44.5 Å². The van der Waals surface area contributed by atoms with Crippen LogP contribution >= 0.6 is 0 Å². The molecule has 0 atom stereocenters. The molecule has 0 fully saturated rings. The van der Waals surface area contributed by atoms with Gasteiger partial charge in [-0.25, -0.2) is 4.79 Å². The van der Waals surface area contributed by atoms with Crippen LogP contribution < -0.4 is 5.32 Å². The number of aromatic nitrogens is 1. The zero-order chi connectivity index (χ0) is 19.1. The molecule has 0 unspecified atom stereocenters. The number of methoxy groups -OCH3 is 1. The molecule has 1 amide bonds. The molecule has 1 aromatic carbocycles. The SMILES string of the molecule is COC(=O)c1ccc(NC(=O)COC(=O)CCc2c(C)noc2C)cc1. The van der Waals surface area contributed by atoms with E-state index in [0.29, 0.717) is 23.4 Å². The van der Waals surface area contributed by atoms with Crippen molar-refractivity contribution in [2.24, 2.45) is 0 Å². The summed E-state index contributed by atoms with van der Waals surface area (Å²) in [7, 11) is 1.29. The maximum atomic E-state index is 11.8. The summed E-state index contributed by atoms with van der Waals surface area (Å²) in [4.78, 5) is 34.9. The summed E-state index contributed by atoms with van der Waals surface area (Å²) in [5.41, 5.74) is 2.46. The molecule has 0 bridgehead atoms. The summed E-state index contributed by atoms with van der Waals surface area (Å²) >= 11 is 0. The van der Waals surface area contributed by atoms with E-state index in [1.54, 1.807) is 26.0 Å². The van der Waals surface area contributed by atoms with Gasteiger partial charge in [0.25, 0.3) is 5.91 Å². The molecule has 2 rings (SSSR count). The third-order valence-electron chi connectivity index (χ3n) is 3.71. The molecule has 0 aliphatic heterocycles. The van der Waals surface area contributed by atoms with Crippen molar-refractivity contribution in [3.05, 3.63) is 46.8 Å². The Morgan fingerprint density at radius 2 is 1.85 bits per heavy atom. The molecule has 138 valence electrons. The van der Waals surface area contributed by atoms with E-state index in [4.69, 9.17) is 9.26 Å². The van der Waals surface area contributed by atoms with E-state index in [-0.39, 0.29) is 13.0 Å². The first-order valence-corrected chi connectivity index (χ1v) is 7.96. The molecule has 1 N–H and O–H groups in total. The van der Waals surface area contributed by atoms with Gasteiger partial charge < -0.3 is 19.3 Å². The maximum Gasteiger partial charge on any atom is 0.337 e. The van der Waals surface area contributed by atoms with Crippen LogP contribution in [0.4, 0.5) is 5.69 Å². The fourth-order valence-electron chi connectivity index (χ4n) is 2.31. The molecule has 0 aliphatic carbocycles. The summed E-state index contributed by atoms with van der Waals surface area (Å²) in [6.45, 7) is 3.19. The smallest absolute Gasteiger partial charge is 0.337 e. The molecule has 0 radical (unpaired) electrons. The number of ether oxygens (including phenoxy) is 2. The summed E-state index contributed by atoms with van der Waals surface area (Å²) in [6, 6.07) is 6.17. The molecule has 26 heavy (non-hydrogen) atoms. The number of amides is 1. The lowest BCUT2D eigenvalue weighted by molar-refractivity contribution is -0.147. The lowest BCUT2D eigenvalue weighted by Gasteiger charge is -2.07. The monoisotopic (exact) mass is 360 g/mol. The highest BCUT2D eigenvalue weighted by molar-refractivity contribution is 5.94. The summed E-state index contributed by atoms with van der Waals surface area (Å²) in [6.07, 6.45) is 0.570. The van der Waals surface area contributed by atoms with E-state index in [1.807, 2.05) is 0 Å². The Kier molecular flexibility index (Phi) is 6.48. The number of rotatable bonds is 7. The molecule has 0 spiro atoms. The number of hydrogen-bond donors (Lipinski definition) is 1. The van der Waals surface area contributed by atoms with Crippen LogP contribution in [0, 0.1) is 13.8 Å². The van der Waals surface area contributed by atoms with Crippen LogP contribution in [0.25, 0.3) is 0 Å². The molecule has 8 heteroatoms. The molecule has 0 saturated carbocycles. The summed E-state index contributed by atoms with van der Waals surface area (Å²) in [5, 5.41) is 6.39. The highest BCUT2D eigenvalue weighted by Gasteiger charge is 2.13. The van der Waals surface area contributed by atoms with Gasteiger partial charge >= 0.3 is 11.9 Å². The standard InChI is InChI=1S/C18H20N2O6/c1-11-15(12(2)26-20-11)8-9-17(22)25-10-16(21)19-14-6-4-13(5-7-14)18(23)24-3/h4-7H,8-10H2,1-3H3,(H,19,21). The Labute approximate surface area is 150 Å². The number of nitrogens with one attached hydrogen (secondary N) is 1. The van der Waals surface area contributed by atoms with Crippen molar-refractivity contribution in [3.8, 4) is 0 Å². The largest absolute Gasteiger partial charge is 0.465 e. The average Bonchev–Trinajstić information content (AvgIpc) is 2.96. The quantitative estimate of drug-likeness (QED) is 0.754. The molecule has 0 aliphatic rings. The number of anilines is 1. The first-order chi connectivity index (χ1) is 12.4. The van der Waals surface area contributed by atoms with Crippen LogP contribution in [0.3, 0.4) is 0 Å². The number of benzene rings is 1. The molecule has 0 saturated heterocycles. The minimum Gasteiger partial charge on any atom is -0.465 e. The van der Waals surface area contributed by atoms with Crippen molar-refractivity contribution in [2.75, 3.05) is 19.0 Å². The van der Waals surface area contributed by atoms with E-state index >= 15 is 0 Å². The Balaban J connectivity index is 1.76. The van der Waals surface area contributed by atoms with Crippen LogP contribution in [-0.2, 0) is 25.5 Å². The van der Waals surface area contributed by atoms with Crippen LogP contribution in [-0.4, -0.2) is 36.7 Å². The van der Waals surface area contributed by atoms with Crippen molar-refractivity contribution in [1.29, 1.82) is 0 Å². The van der Waals surface area contributed by atoms with Gasteiger partial charge in [0.05, 0.1) is 18.4 Å². The predicted octanol–water partition coefficient (Wildman–Crippen LogP) is 2.19. The van der Waals surface area contributed by atoms with Gasteiger partial charge in [-0.1, -0.05) is 5.16 Å². The topological polar surface area (TPSA) is 108 Å². The van der Waals surface area contributed by atoms with Gasteiger partial charge in [0.1, 0.15) is 5.76 Å². The number of carbonyl (C=O) groups is 3. The molecule has 2 aromatic rings. The second-order valence-electron chi connectivity index (χ2n) is 5.58. The van der Waals surface area contributed by atoms with Crippen molar-refractivity contribution in [1.82, 2.24) is 5.16 Å². The Morgan fingerprint density at radius 3 is 2.42 bits per heavy atom. The van der Waals surface area contributed by atoms with E-state index in [0.717, 1.165) is 11.3 Å². The van der Waals surface area contributed by atoms with Crippen molar-refractivity contribution < 1.29 is 28.4 Å². The van der Waals surface area contributed by atoms with E-state index < -0.39 is 17.8 Å². The van der Waals surface area contributed by atoms with Crippen molar-refractivity contribution in [3.63, 3.8) is 0 Å². The molecule has 1 aromatic heterocycles. The molecule has 1 heterocycles. The fraction of sp³-hybridized carbons (Fsp3) is 0.333. The Bertz CT molecular complexity index is 775. The Morgan fingerprint density at radius 1 is 1.15 bits per heavy atom. The van der Waals surface area contributed by atoms with Crippen LogP contribution in [0.1, 0.15) is 33.8 Å². The third kappa shape index (κ3) is 5.17. The number of nitrogens with zero attached hydrogens (tertiary/aromatic N) is 1. The van der Waals surface area contributed by atoms with Crippen LogP contribution in [0.2, 0.25) is 0 Å². The molecule has 8 nitrogen and oxygen atoms in total. The predicted molar refractivity (Wildman–Crippen MR) is 91.7 cm³/mol. The second-order valence-corrected chi connectivity index (χ2v) is 5.58. The zero-order valence-corrected chi connectivity index (χ0v) is 14.8. The first kappa shape index (κ1) is 19.2. The third-order valence-corrected chi connectivity index (χ3v) is 3.71. The lowest BCUT2D eigenvalue weighted by atomic mass is 10.1. The van der Waals surface area contributed by atoms with Gasteiger partial charge in [0, 0.05) is 17.7 Å². The normalized spacial score (nSPS) is 10.3. The van der Waals surface area contributed by atoms with Gasteiger partial charge in [-0.2, -0.15) is 0 Å². The summed E-state index contributed by atoms with van der Waals surface area (Å²) < 4.78 is 14.6. The number of carbonyl (C=O) groups excluding carboxylic acids is 3. The van der Waals surface area contributed by atoms with Crippen molar-refractivity contribution in [2.45, 2.75) is 26.7 Å². The van der Waals surface area contributed by atoms with Gasteiger partial charge in [0.15, 0.2) is 6.61 Å². The van der Waals surface area contributed by atoms with Gasteiger partial charge in [-0.15, -0.1) is 0 Å². The summed E-state index contributed by atoms with van der Waals surface area (Å²) in [5.74, 6) is -0.749. The first-order valence-electron chi connectivity index (χ1n) is 7.96. The van der Waals surface area contributed by atoms with Crippen LogP contribution in [0.5, 0.6) is 0 Å². The van der Waals surface area contributed by atoms with Gasteiger partial charge in [-0.3, -0.25) is 9.59 Å². The molecular weight excluding hydrogens is 340 g/mol. The minimum absolute atomic E-state index is 0.129. The Hall–Kier alpha value is -3.16. The number of hydrogen-bond acceptors (Lipinski definition) is 7. The lowest BCUT2D eigenvalue weighted by Crippen LogP contribution is -2.21.